The van der Waals surface area contributed by atoms with E-state index in [0.717, 1.165) is 24.7 Å². The highest BCUT2D eigenvalue weighted by Gasteiger charge is 2.27. The van der Waals surface area contributed by atoms with E-state index in [9.17, 15) is 13.6 Å². The summed E-state index contributed by atoms with van der Waals surface area (Å²) in [6, 6.07) is 2.26. The maximum Gasteiger partial charge on any atom is 0.243 e. The largest absolute Gasteiger partial charge is 0.368 e. The predicted molar refractivity (Wildman–Crippen MR) is 104 cm³/mol. The van der Waals surface area contributed by atoms with Crippen LogP contribution in [-0.2, 0) is 11.8 Å². The van der Waals surface area contributed by atoms with Crippen LogP contribution in [0.25, 0.3) is 10.9 Å². The maximum atomic E-state index is 14.2. The summed E-state index contributed by atoms with van der Waals surface area (Å²) in [7, 11) is 1.83. The van der Waals surface area contributed by atoms with Gasteiger partial charge in [0.15, 0.2) is 17.5 Å². The number of nitrogens with two attached hydrogens (primary N) is 1. The van der Waals surface area contributed by atoms with Crippen LogP contribution in [0.3, 0.4) is 0 Å². The first-order chi connectivity index (χ1) is 13.9. The van der Waals surface area contributed by atoms with Crippen LogP contribution in [0.4, 0.5) is 26.2 Å². The molecule has 1 aliphatic heterocycles. The fraction of sp³-hybridized carbons (Fsp3) is 0.333. The number of aryl methyl sites for hydroxylation is 1. The number of hydrogen-bond donors (Lipinski definition) is 3. The Hall–Kier alpha value is -3.50. The van der Waals surface area contributed by atoms with Gasteiger partial charge in [-0.2, -0.15) is 10.1 Å². The van der Waals surface area contributed by atoms with Gasteiger partial charge < -0.3 is 10.6 Å². The molecular formula is C18H20F2N8O. The van der Waals surface area contributed by atoms with E-state index in [-0.39, 0.29) is 34.5 Å². The van der Waals surface area contributed by atoms with Crippen molar-refractivity contribution in [3.8, 4) is 0 Å². The van der Waals surface area contributed by atoms with Crippen molar-refractivity contribution in [2.75, 3.05) is 29.1 Å². The number of nitrogens with one attached hydrogen (secondary N) is 2. The van der Waals surface area contributed by atoms with E-state index in [0.29, 0.717) is 13.0 Å². The number of amides is 1. The van der Waals surface area contributed by atoms with Crippen molar-refractivity contribution in [2.24, 2.45) is 13.0 Å². The minimum absolute atomic E-state index is 0.0993. The number of halogens is 2. The molecule has 1 fully saturated rings. The molecule has 1 saturated heterocycles. The molecule has 0 radical (unpaired) electrons. The summed E-state index contributed by atoms with van der Waals surface area (Å²) in [6.45, 7) is 1.36. The topological polar surface area (TPSA) is 114 Å². The number of anilines is 3. The fourth-order valence-corrected chi connectivity index (χ4v) is 3.49. The molecule has 3 aromatic rings. The monoisotopic (exact) mass is 402 g/mol. The molecule has 1 atom stereocenters. The number of carbonyl (C=O) groups is 1. The van der Waals surface area contributed by atoms with Crippen molar-refractivity contribution in [3.63, 3.8) is 0 Å². The molecule has 0 spiro atoms. The summed E-state index contributed by atoms with van der Waals surface area (Å²) in [5.41, 5.74) is 11.8. The van der Waals surface area contributed by atoms with Gasteiger partial charge in [0.2, 0.25) is 11.9 Å². The van der Waals surface area contributed by atoms with Gasteiger partial charge in [-0.3, -0.25) is 20.3 Å². The van der Waals surface area contributed by atoms with Crippen molar-refractivity contribution in [1.82, 2.24) is 25.2 Å². The zero-order chi connectivity index (χ0) is 20.5. The lowest BCUT2D eigenvalue weighted by Crippen LogP contribution is -2.44. The standard InChI is InChI=1S/C18H20F2N8O/c1-27-9-11(7-22-27)28-6-2-3-10(8-28)17(29)26-25-16-14-13(23-18(21)24-16)5-4-12(19)15(14)20/h4-5,7,9-10H,2-3,6,8H2,1H3,(H,26,29)(H3,21,23,24,25)/t10-/m0/s1. The van der Waals surface area contributed by atoms with E-state index in [2.05, 4.69) is 30.8 Å². The Morgan fingerprint density at radius 2 is 2.14 bits per heavy atom. The van der Waals surface area contributed by atoms with Crippen LogP contribution in [-0.4, -0.2) is 38.7 Å². The molecule has 2 aromatic heterocycles. The Labute approximate surface area is 164 Å². The first kappa shape index (κ1) is 18.8. The van der Waals surface area contributed by atoms with Crippen LogP contribution in [0.15, 0.2) is 24.5 Å². The van der Waals surface area contributed by atoms with Crippen molar-refractivity contribution in [3.05, 3.63) is 36.2 Å². The Kier molecular flexibility index (Phi) is 4.87. The maximum absolute atomic E-state index is 14.2. The van der Waals surface area contributed by atoms with E-state index in [1.54, 1.807) is 10.9 Å². The normalized spacial score (nSPS) is 16.8. The molecule has 4 N–H and O–H groups in total. The number of nitrogens with zero attached hydrogens (tertiary/aromatic N) is 5. The van der Waals surface area contributed by atoms with E-state index >= 15 is 0 Å². The van der Waals surface area contributed by atoms with Crippen LogP contribution in [0, 0.1) is 17.6 Å². The molecule has 0 unspecified atom stereocenters. The van der Waals surface area contributed by atoms with Gasteiger partial charge >= 0.3 is 0 Å². The summed E-state index contributed by atoms with van der Waals surface area (Å²) >= 11 is 0. The van der Waals surface area contributed by atoms with Gasteiger partial charge in [0.1, 0.15) is 0 Å². The smallest absolute Gasteiger partial charge is 0.243 e. The molecule has 0 saturated carbocycles. The van der Waals surface area contributed by atoms with E-state index in [1.807, 2.05) is 13.2 Å². The zero-order valence-corrected chi connectivity index (χ0v) is 15.7. The number of aromatic nitrogens is 4. The van der Waals surface area contributed by atoms with Gasteiger partial charge in [0.25, 0.3) is 0 Å². The summed E-state index contributed by atoms with van der Waals surface area (Å²) in [5, 5.41) is 3.98. The lowest BCUT2D eigenvalue weighted by molar-refractivity contribution is -0.124. The molecule has 152 valence electrons. The second kappa shape index (κ2) is 7.49. The van der Waals surface area contributed by atoms with E-state index in [1.165, 1.54) is 6.07 Å². The van der Waals surface area contributed by atoms with Crippen LogP contribution < -0.4 is 21.5 Å². The van der Waals surface area contributed by atoms with Crippen LogP contribution in [0.1, 0.15) is 12.8 Å². The fourth-order valence-electron chi connectivity index (χ4n) is 3.49. The molecule has 0 bridgehead atoms. The zero-order valence-electron chi connectivity index (χ0n) is 15.7. The Bertz CT molecular complexity index is 1070. The predicted octanol–water partition coefficient (Wildman–Crippen LogP) is 1.58. The van der Waals surface area contributed by atoms with Gasteiger partial charge in [0, 0.05) is 26.3 Å². The first-order valence-corrected chi connectivity index (χ1v) is 9.13. The molecule has 3 heterocycles. The molecule has 1 amide bonds. The lowest BCUT2D eigenvalue weighted by Gasteiger charge is -2.32. The molecule has 29 heavy (non-hydrogen) atoms. The summed E-state index contributed by atoms with van der Waals surface area (Å²) in [4.78, 5) is 22.5. The van der Waals surface area contributed by atoms with Crippen molar-refractivity contribution in [1.29, 1.82) is 0 Å². The Balaban J connectivity index is 1.49. The molecule has 4 rings (SSSR count). The van der Waals surface area contributed by atoms with Gasteiger partial charge in [-0.1, -0.05) is 0 Å². The third-order valence-corrected chi connectivity index (χ3v) is 4.92. The second-order valence-electron chi connectivity index (χ2n) is 6.96. The minimum Gasteiger partial charge on any atom is -0.368 e. The van der Waals surface area contributed by atoms with Crippen LogP contribution in [0.5, 0.6) is 0 Å². The third-order valence-electron chi connectivity index (χ3n) is 4.92. The van der Waals surface area contributed by atoms with Crippen molar-refractivity contribution in [2.45, 2.75) is 12.8 Å². The number of piperidine rings is 1. The van der Waals surface area contributed by atoms with Gasteiger partial charge in [-0.05, 0) is 25.0 Å². The third kappa shape index (κ3) is 3.75. The number of hydrogen-bond acceptors (Lipinski definition) is 7. The summed E-state index contributed by atoms with van der Waals surface area (Å²) in [5.74, 6) is -2.94. The average Bonchev–Trinajstić information content (AvgIpc) is 3.15. The number of rotatable bonds is 4. The highest BCUT2D eigenvalue weighted by Crippen LogP contribution is 2.26. The van der Waals surface area contributed by atoms with Gasteiger partial charge in [0.05, 0.1) is 28.7 Å². The Morgan fingerprint density at radius 3 is 2.90 bits per heavy atom. The molecule has 0 aliphatic carbocycles. The van der Waals surface area contributed by atoms with Crippen LogP contribution in [0.2, 0.25) is 0 Å². The highest BCUT2D eigenvalue weighted by atomic mass is 19.2. The highest BCUT2D eigenvalue weighted by molar-refractivity contribution is 5.91. The second-order valence-corrected chi connectivity index (χ2v) is 6.96. The summed E-state index contributed by atoms with van der Waals surface area (Å²) < 4.78 is 29.6. The number of carbonyl (C=O) groups excluding carboxylic acids is 1. The summed E-state index contributed by atoms with van der Waals surface area (Å²) in [6.07, 6.45) is 5.20. The number of benzene rings is 1. The molecular weight excluding hydrogens is 382 g/mol. The SMILES string of the molecule is Cn1cc(N2CCC[C@H](C(=O)NNc3nc(N)nc4ccc(F)c(F)c34)C2)cn1. The van der Waals surface area contributed by atoms with Gasteiger partial charge in [-0.15, -0.1) is 0 Å². The van der Waals surface area contributed by atoms with E-state index < -0.39 is 11.6 Å². The number of fused-ring (bicyclic) bond motifs is 1. The number of hydrazine groups is 1. The average molecular weight is 402 g/mol. The van der Waals surface area contributed by atoms with Gasteiger partial charge in [-0.25, -0.2) is 13.8 Å². The van der Waals surface area contributed by atoms with Crippen molar-refractivity contribution >= 4 is 34.3 Å². The van der Waals surface area contributed by atoms with E-state index in [4.69, 9.17) is 5.73 Å². The first-order valence-electron chi connectivity index (χ1n) is 9.13. The lowest BCUT2D eigenvalue weighted by atomic mass is 9.97. The Morgan fingerprint density at radius 1 is 1.31 bits per heavy atom. The minimum atomic E-state index is -1.11. The molecule has 9 nitrogen and oxygen atoms in total. The van der Waals surface area contributed by atoms with Crippen molar-refractivity contribution < 1.29 is 13.6 Å². The molecule has 1 aliphatic rings. The number of nitrogen functional groups attached to an aromatic ring is 1. The van der Waals surface area contributed by atoms with Crippen LogP contribution >= 0.6 is 0 Å². The molecule has 1 aromatic carbocycles. The quantitative estimate of drug-likeness (QED) is 0.568. The molecule has 11 heteroatoms.